The Kier molecular flexibility index (Phi) is 5.00. The molecule has 0 amide bonds. The lowest BCUT2D eigenvalue weighted by atomic mass is 10.1. The number of nitrogens with one attached hydrogen (secondary N) is 1. The number of fused-ring (bicyclic) bond motifs is 1. The highest BCUT2D eigenvalue weighted by atomic mass is 32.2. The lowest BCUT2D eigenvalue weighted by molar-refractivity contribution is 0.586. The van der Waals surface area contributed by atoms with Crippen LogP contribution >= 0.6 is 0 Å². The Hall–Kier alpha value is -4.04. The average Bonchev–Trinajstić information content (AvgIpc) is 2.74. The number of rotatable bonds is 4. The van der Waals surface area contributed by atoms with Crippen molar-refractivity contribution in [3.8, 4) is 6.07 Å². The van der Waals surface area contributed by atoms with Gasteiger partial charge in [-0.05, 0) is 42.8 Å². The SMILES string of the molecule is CC(Nc1ncnc(N)c1C#N)C1=Cc2ccc(F)cc2S(=O)(=O)N1c1ccccn1. The molecule has 1 aromatic carbocycles. The molecule has 0 fully saturated rings. The lowest BCUT2D eigenvalue weighted by Crippen LogP contribution is -2.40. The molecular formula is C20H16FN7O2S. The van der Waals surface area contributed by atoms with Crippen molar-refractivity contribution in [1.29, 1.82) is 5.26 Å². The molecule has 2 aromatic heterocycles. The Labute approximate surface area is 177 Å². The van der Waals surface area contributed by atoms with Gasteiger partial charge in [0.05, 0.1) is 16.6 Å². The monoisotopic (exact) mass is 437 g/mol. The summed E-state index contributed by atoms with van der Waals surface area (Å²) >= 11 is 0. The fraction of sp³-hybridized carbons (Fsp3) is 0.100. The zero-order chi connectivity index (χ0) is 22.2. The van der Waals surface area contributed by atoms with E-state index >= 15 is 0 Å². The van der Waals surface area contributed by atoms with E-state index in [1.807, 2.05) is 6.07 Å². The number of pyridine rings is 1. The second-order valence-electron chi connectivity index (χ2n) is 6.67. The highest BCUT2D eigenvalue weighted by Gasteiger charge is 2.37. The summed E-state index contributed by atoms with van der Waals surface area (Å²) in [4.78, 5) is 11.8. The summed E-state index contributed by atoms with van der Waals surface area (Å²) in [5, 5.41) is 12.4. The molecule has 1 aliphatic heterocycles. The first-order valence-electron chi connectivity index (χ1n) is 9.07. The van der Waals surface area contributed by atoms with Crippen LogP contribution in [0.2, 0.25) is 0 Å². The fourth-order valence-corrected chi connectivity index (χ4v) is 4.96. The fourth-order valence-electron chi connectivity index (χ4n) is 3.23. The Morgan fingerprint density at radius 3 is 2.74 bits per heavy atom. The van der Waals surface area contributed by atoms with E-state index in [2.05, 4.69) is 20.3 Å². The molecule has 1 atom stereocenters. The van der Waals surface area contributed by atoms with Gasteiger partial charge in [-0.2, -0.15) is 5.26 Å². The van der Waals surface area contributed by atoms with Crippen molar-refractivity contribution in [2.45, 2.75) is 17.9 Å². The number of nitrogen functional groups attached to an aromatic ring is 1. The van der Waals surface area contributed by atoms with Gasteiger partial charge in [-0.3, -0.25) is 0 Å². The van der Waals surface area contributed by atoms with Crippen LogP contribution in [0.4, 0.5) is 21.8 Å². The molecule has 0 spiro atoms. The van der Waals surface area contributed by atoms with Crippen LogP contribution in [0.3, 0.4) is 0 Å². The minimum atomic E-state index is -4.17. The molecular weight excluding hydrogens is 421 g/mol. The molecule has 0 saturated heterocycles. The zero-order valence-corrected chi connectivity index (χ0v) is 17.0. The van der Waals surface area contributed by atoms with Crippen LogP contribution in [-0.4, -0.2) is 29.4 Å². The summed E-state index contributed by atoms with van der Waals surface area (Å²) < 4.78 is 41.8. The van der Waals surface area contributed by atoms with Gasteiger partial charge in [-0.25, -0.2) is 32.1 Å². The third kappa shape index (κ3) is 3.53. The van der Waals surface area contributed by atoms with Crippen LogP contribution in [0.15, 0.2) is 59.5 Å². The third-order valence-corrected chi connectivity index (χ3v) is 6.46. The molecule has 0 aliphatic carbocycles. The summed E-state index contributed by atoms with van der Waals surface area (Å²) in [6, 6.07) is 9.68. The molecule has 0 radical (unpaired) electrons. The van der Waals surface area contributed by atoms with Crippen molar-refractivity contribution in [2.75, 3.05) is 15.4 Å². The Balaban J connectivity index is 1.86. The molecule has 3 N–H and O–H groups in total. The van der Waals surface area contributed by atoms with Gasteiger partial charge in [0, 0.05) is 6.20 Å². The molecule has 9 nitrogen and oxygen atoms in total. The number of sulfonamides is 1. The Morgan fingerprint density at radius 2 is 2.03 bits per heavy atom. The third-order valence-electron chi connectivity index (χ3n) is 4.67. The predicted molar refractivity (Wildman–Crippen MR) is 113 cm³/mol. The van der Waals surface area contributed by atoms with Crippen LogP contribution < -0.4 is 15.4 Å². The van der Waals surface area contributed by atoms with E-state index in [9.17, 15) is 18.1 Å². The van der Waals surface area contributed by atoms with Crippen LogP contribution in [0, 0.1) is 17.1 Å². The summed E-state index contributed by atoms with van der Waals surface area (Å²) in [6.07, 6.45) is 4.28. The molecule has 3 aromatic rings. The van der Waals surface area contributed by atoms with E-state index in [4.69, 9.17) is 5.73 Å². The van der Waals surface area contributed by atoms with Crippen molar-refractivity contribution in [3.63, 3.8) is 0 Å². The first-order valence-corrected chi connectivity index (χ1v) is 10.5. The van der Waals surface area contributed by atoms with Crippen LogP contribution in [0.5, 0.6) is 0 Å². The first-order chi connectivity index (χ1) is 14.8. The molecule has 156 valence electrons. The largest absolute Gasteiger partial charge is 0.382 e. The van der Waals surface area contributed by atoms with Crippen molar-refractivity contribution in [1.82, 2.24) is 15.0 Å². The van der Waals surface area contributed by atoms with Gasteiger partial charge < -0.3 is 11.1 Å². The minimum absolute atomic E-state index is 0.000140. The summed E-state index contributed by atoms with van der Waals surface area (Å²) in [5.41, 5.74) is 6.42. The van der Waals surface area contributed by atoms with Crippen molar-refractivity contribution in [2.24, 2.45) is 0 Å². The van der Waals surface area contributed by atoms with Crippen molar-refractivity contribution in [3.05, 3.63) is 71.6 Å². The molecule has 4 rings (SSSR count). The standard InChI is InChI=1S/C20H16FN7O2S/c1-12(27-20-15(10-22)19(23)25-11-26-20)16-8-13-5-6-14(21)9-17(13)31(29,30)28(16)18-4-2-3-7-24-18/h2-9,11-12H,1H3,(H3,23,25,26,27). The molecule has 3 heterocycles. The number of benzene rings is 1. The Bertz CT molecular complexity index is 1340. The second kappa shape index (κ2) is 7.66. The van der Waals surface area contributed by atoms with Gasteiger partial charge in [0.25, 0.3) is 10.0 Å². The van der Waals surface area contributed by atoms with E-state index in [0.29, 0.717) is 11.3 Å². The topological polar surface area (TPSA) is 138 Å². The Morgan fingerprint density at radius 1 is 1.23 bits per heavy atom. The maximum atomic E-state index is 13.8. The molecule has 0 bridgehead atoms. The maximum Gasteiger partial charge on any atom is 0.270 e. The summed E-state index contributed by atoms with van der Waals surface area (Å²) in [6.45, 7) is 1.70. The summed E-state index contributed by atoms with van der Waals surface area (Å²) in [5.74, 6) is -0.368. The number of nitriles is 1. The number of nitrogens with two attached hydrogens (primary N) is 1. The molecule has 1 aliphatic rings. The maximum absolute atomic E-state index is 13.8. The van der Waals surface area contributed by atoms with E-state index in [0.717, 1.165) is 10.4 Å². The second-order valence-corrected chi connectivity index (χ2v) is 8.42. The lowest BCUT2D eigenvalue weighted by Gasteiger charge is -2.33. The van der Waals surface area contributed by atoms with Gasteiger partial charge in [0.15, 0.2) is 0 Å². The quantitative estimate of drug-likeness (QED) is 0.635. The van der Waals surface area contributed by atoms with Gasteiger partial charge >= 0.3 is 0 Å². The first kappa shape index (κ1) is 20.2. The van der Waals surface area contributed by atoms with E-state index in [1.165, 1.54) is 30.7 Å². The van der Waals surface area contributed by atoms with Gasteiger partial charge in [-0.1, -0.05) is 12.1 Å². The minimum Gasteiger partial charge on any atom is -0.382 e. The normalized spacial score (nSPS) is 15.4. The molecule has 31 heavy (non-hydrogen) atoms. The number of hydrogen-bond donors (Lipinski definition) is 2. The number of anilines is 3. The zero-order valence-electron chi connectivity index (χ0n) is 16.2. The van der Waals surface area contributed by atoms with Crippen molar-refractivity contribution < 1.29 is 12.8 Å². The highest BCUT2D eigenvalue weighted by Crippen LogP contribution is 2.36. The molecule has 0 saturated carbocycles. The van der Waals surface area contributed by atoms with Gasteiger partial charge in [0.2, 0.25) is 0 Å². The summed E-state index contributed by atoms with van der Waals surface area (Å²) in [7, 11) is -4.17. The predicted octanol–water partition coefficient (Wildman–Crippen LogP) is 2.51. The molecule has 1 unspecified atom stereocenters. The number of halogens is 1. The van der Waals surface area contributed by atoms with Gasteiger partial charge in [-0.15, -0.1) is 0 Å². The van der Waals surface area contributed by atoms with E-state index < -0.39 is 21.9 Å². The van der Waals surface area contributed by atoms with Gasteiger partial charge in [0.1, 0.15) is 41.2 Å². The molecule has 11 heteroatoms. The van der Waals surface area contributed by atoms with Crippen LogP contribution in [0.25, 0.3) is 6.08 Å². The highest BCUT2D eigenvalue weighted by molar-refractivity contribution is 7.93. The number of hydrogen-bond acceptors (Lipinski definition) is 8. The smallest absolute Gasteiger partial charge is 0.270 e. The van der Waals surface area contributed by atoms with Crippen molar-refractivity contribution >= 4 is 33.6 Å². The average molecular weight is 437 g/mol. The van der Waals surface area contributed by atoms with E-state index in [1.54, 1.807) is 25.1 Å². The van der Waals surface area contributed by atoms with Crippen LogP contribution in [0.1, 0.15) is 18.1 Å². The number of nitrogens with zero attached hydrogens (tertiary/aromatic N) is 5. The van der Waals surface area contributed by atoms with E-state index in [-0.39, 0.29) is 27.9 Å². The number of aromatic nitrogens is 3. The van der Waals surface area contributed by atoms with Crippen LogP contribution in [-0.2, 0) is 10.0 Å².